The first-order valence-corrected chi connectivity index (χ1v) is 11.9. The Balaban J connectivity index is 1.86. The summed E-state index contributed by atoms with van der Waals surface area (Å²) in [6.45, 7) is 3.87. The van der Waals surface area contributed by atoms with E-state index in [2.05, 4.69) is 21.2 Å². The topological polar surface area (TPSA) is 158 Å². The van der Waals surface area contributed by atoms with Crippen molar-refractivity contribution >= 4 is 45.0 Å². The Labute approximate surface area is 225 Å². The number of halogens is 1. The van der Waals surface area contributed by atoms with Crippen LogP contribution in [-0.2, 0) is 11.4 Å². The number of carbonyl (C=O) groups excluding carboxylic acids is 1. The monoisotopic (exact) mass is 580 g/mol. The molecule has 0 atom stereocenters. The fraction of sp³-hybridized carbons (Fsp3) is 0.154. The highest BCUT2D eigenvalue weighted by Gasteiger charge is 2.19. The van der Waals surface area contributed by atoms with Crippen LogP contribution in [0.4, 0.5) is 17.1 Å². The molecular weight excluding hydrogens is 560 g/mol. The number of nitro benzene ring substituents is 2. The van der Waals surface area contributed by atoms with Crippen LogP contribution >= 0.6 is 15.9 Å². The van der Waals surface area contributed by atoms with Gasteiger partial charge in [-0.2, -0.15) is 5.26 Å². The molecule has 194 valence electrons. The van der Waals surface area contributed by atoms with E-state index in [9.17, 15) is 30.3 Å². The van der Waals surface area contributed by atoms with E-state index in [4.69, 9.17) is 9.47 Å². The van der Waals surface area contributed by atoms with Crippen molar-refractivity contribution in [3.8, 4) is 17.6 Å². The number of hydrogen-bond acceptors (Lipinski definition) is 8. The van der Waals surface area contributed by atoms with Gasteiger partial charge in [-0.1, -0.05) is 6.07 Å². The highest BCUT2D eigenvalue weighted by molar-refractivity contribution is 9.10. The van der Waals surface area contributed by atoms with Gasteiger partial charge in [0.2, 0.25) is 0 Å². The molecule has 0 heterocycles. The van der Waals surface area contributed by atoms with Crippen molar-refractivity contribution in [3.63, 3.8) is 0 Å². The largest absolute Gasteiger partial charge is 0.490 e. The predicted molar refractivity (Wildman–Crippen MR) is 143 cm³/mol. The molecule has 1 N–H and O–H groups in total. The molecule has 3 rings (SSSR count). The first kappa shape index (κ1) is 27.8. The number of nitro groups is 2. The number of nitrogens with zero attached hydrogens (tertiary/aromatic N) is 3. The van der Waals surface area contributed by atoms with Crippen LogP contribution in [-0.4, -0.2) is 22.4 Å². The standard InChI is InChI=1S/C26H21BrN4O7/c1-3-37-24-13-18(12-21(27)25(24)38-15-17-5-7-20(8-6-17)30(33)34)11-19(14-28)26(32)29-22-9-4-16(2)10-23(22)31(35)36/h4-13H,3,15H2,1-2H3,(H,29,32)/b19-11+. The zero-order valence-electron chi connectivity index (χ0n) is 20.3. The number of benzene rings is 3. The molecule has 0 aliphatic rings. The summed E-state index contributed by atoms with van der Waals surface area (Å²) in [6.07, 6.45) is 1.32. The average Bonchev–Trinajstić information content (AvgIpc) is 2.88. The molecule has 0 aromatic heterocycles. The molecule has 0 aliphatic carbocycles. The molecule has 0 unspecified atom stereocenters. The van der Waals surface area contributed by atoms with E-state index in [0.29, 0.717) is 39.3 Å². The normalized spacial score (nSPS) is 10.8. The van der Waals surface area contributed by atoms with Crippen LogP contribution in [0.5, 0.6) is 11.5 Å². The number of carbonyl (C=O) groups is 1. The van der Waals surface area contributed by atoms with Gasteiger partial charge in [0.1, 0.15) is 23.9 Å². The predicted octanol–water partition coefficient (Wildman–Crippen LogP) is 6.10. The van der Waals surface area contributed by atoms with E-state index in [0.717, 1.165) is 0 Å². The molecule has 1 amide bonds. The Hall–Kier alpha value is -4.76. The zero-order chi connectivity index (χ0) is 27.8. The van der Waals surface area contributed by atoms with Crippen molar-refractivity contribution in [2.24, 2.45) is 0 Å². The van der Waals surface area contributed by atoms with E-state index in [1.807, 2.05) is 6.07 Å². The Bertz CT molecular complexity index is 1460. The van der Waals surface area contributed by atoms with Gasteiger partial charge in [0.05, 0.1) is 20.9 Å². The highest BCUT2D eigenvalue weighted by atomic mass is 79.9. The first-order valence-electron chi connectivity index (χ1n) is 11.1. The van der Waals surface area contributed by atoms with E-state index >= 15 is 0 Å². The van der Waals surface area contributed by atoms with E-state index < -0.39 is 15.8 Å². The van der Waals surface area contributed by atoms with Crippen LogP contribution in [0.2, 0.25) is 0 Å². The lowest BCUT2D eigenvalue weighted by Crippen LogP contribution is -2.14. The fourth-order valence-electron chi connectivity index (χ4n) is 3.35. The summed E-state index contributed by atoms with van der Waals surface area (Å²) in [7, 11) is 0. The summed E-state index contributed by atoms with van der Waals surface area (Å²) in [6, 6.07) is 15.3. The maximum Gasteiger partial charge on any atom is 0.293 e. The van der Waals surface area contributed by atoms with Gasteiger partial charge in [0, 0.05) is 18.2 Å². The van der Waals surface area contributed by atoms with Gasteiger partial charge in [-0.05, 0) is 82.9 Å². The van der Waals surface area contributed by atoms with Crippen molar-refractivity contribution in [2.45, 2.75) is 20.5 Å². The Morgan fingerprint density at radius 1 is 1.08 bits per heavy atom. The Morgan fingerprint density at radius 3 is 2.39 bits per heavy atom. The van der Waals surface area contributed by atoms with Crippen LogP contribution in [0.15, 0.2) is 64.6 Å². The SMILES string of the molecule is CCOc1cc(/C=C(\C#N)C(=O)Nc2ccc(C)cc2[N+](=O)[O-])cc(Br)c1OCc1ccc([N+](=O)[O-])cc1. The summed E-state index contributed by atoms with van der Waals surface area (Å²) in [5, 5.41) is 34.2. The number of aryl methyl sites for hydroxylation is 1. The summed E-state index contributed by atoms with van der Waals surface area (Å²) >= 11 is 3.43. The molecule has 0 saturated carbocycles. The van der Waals surface area contributed by atoms with Crippen LogP contribution in [0.25, 0.3) is 6.08 Å². The van der Waals surface area contributed by atoms with Crippen LogP contribution in [0.1, 0.15) is 23.6 Å². The second-order valence-electron chi connectivity index (χ2n) is 7.88. The molecule has 3 aromatic rings. The molecule has 0 radical (unpaired) electrons. The van der Waals surface area contributed by atoms with Gasteiger partial charge in [0.15, 0.2) is 11.5 Å². The number of anilines is 1. The number of amides is 1. The number of hydrogen-bond donors (Lipinski definition) is 1. The van der Waals surface area contributed by atoms with Gasteiger partial charge < -0.3 is 14.8 Å². The number of ether oxygens (including phenoxy) is 2. The van der Waals surface area contributed by atoms with Crippen molar-refractivity contribution in [2.75, 3.05) is 11.9 Å². The van der Waals surface area contributed by atoms with Gasteiger partial charge >= 0.3 is 0 Å². The number of non-ortho nitro benzene ring substituents is 1. The quantitative estimate of drug-likeness (QED) is 0.130. The van der Waals surface area contributed by atoms with Gasteiger partial charge in [-0.25, -0.2) is 0 Å². The van der Waals surface area contributed by atoms with Gasteiger partial charge in [0.25, 0.3) is 17.3 Å². The Kier molecular flexibility index (Phi) is 9.13. The lowest BCUT2D eigenvalue weighted by atomic mass is 10.1. The van der Waals surface area contributed by atoms with Crippen molar-refractivity contribution in [1.29, 1.82) is 5.26 Å². The maximum absolute atomic E-state index is 12.8. The summed E-state index contributed by atoms with van der Waals surface area (Å²) < 4.78 is 12.1. The lowest BCUT2D eigenvalue weighted by molar-refractivity contribution is -0.384. The first-order chi connectivity index (χ1) is 18.1. The second-order valence-corrected chi connectivity index (χ2v) is 8.73. The molecule has 38 heavy (non-hydrogen) atoms. The van der Waals surface area contributed by atoms with E-state index in [1.54, 1.807) is 44.2 Å². The highest BCUT2D eigenvalue weighted by Crippen LogP contribution is 2.38. The molecule has 0 spiro atoms. The van der Waals surface area contributed by atoms with E-state index in [-0.39, 0.29) is 29.2 Å². The zero-order valence-corrected chi connectivity index (χ0v) is 21.9. The third kappa shape index (κ3) is 6.92. The third-order valence-electron chi connectivity index (χ3n) is 5.14. The average molecular weight is 581 g/mol. The van der Waals surface area contributed by atoms with Crippen LogP contribution < -0.4 is 14.8 Å². The lowest BCUT2D eigenvalue weighted by Gasteiger charge is -2.15. The van der Waals surface area contributed by atoms with Crippen molar-refractivity contribution in [1.82, 2.24) is 0 Å². The molecule has 0 saturated heterocycles. The molecule has 12 heteroatoms. The summed E-state index contributed by atoms with van der Waals surface area (Å²) in [4.78, 5) is 33.9. The molecule has 11 nitrogen and oxygen atoms in total. The Morgan fingerprint density at radius 2 is 1.79 bits per heavy atom. The smallest absolute Gasteiger partial charge is 0.293 e. The molecular formula is C26H21BrN4O7. The van der Waals surface area contributed by atoms with E-state index in [1.165, 1.54) is 30.3 Å². The minimum absolute atomic E-state index is 0.0297. The van der Waals surface area contributed by atoms with Gasteiger partial charge in [-0.15, -0.1) is 0 Å². The maximum atomic E-state index is 12.8. The van der Waals surface area contributed by atoms with Crippen LogP contribution in [0.3, 0.4) is 0 Å². The van der Waals surface area contributed by atoms with Crippen molar-refractivity contribution in [3.05, 3.63) is 102 Å². The number of nitrogens with one attached hydrogen (secondary N) is 1. The fourth-order valence-corrected chi connectivity index (χ4v) is 3.92. The molecule has 0 bridgehead atoms. The second kappa shape index (κ2) is 12.5. The number of rotatable bonds is 10. The number of nitriles is 1. The molecule has 0 aliphatic heterocycles. The van der Waals surface area contributed by atoms with Crippen molar-refractivity contribution < 1.29 is 24.1 Å². The van der Waals surface area contributed by atoms with Gasteiger partial charge in [-0.3, -0.25) is 25.0 Å². The van der Waals surface area contributed by atoms with Crippen LogP contribution in [0, 0.1) is 38.5 Å². The minimum Gasteiger partial charge on any atom is -0.490 e. The molecule has 0 fully saturated rings. The summed E-state index contributed by atoms with van der Waals surface area (Å²) in [5.41, 5.74) is 1.15. The molecule has 3 aromatic carbocycles. The third-order valence-corrected chi connectivity index (χ3v) is 5.73. The summed E-state index contributed by atoms with van der Waals surface area (Å²) in [5.74, 6) is -0.116. The minimum atomic E-state index is -0.813.